The second kappa shape index (κ2) is 6.61. The summed E-state index contributed by atoms with van der Waals surface area (Å²) in [4.78, 5) is 13.7. The van der Waals surface area contributed by atoms with Gasteiger partial charge in [-0.05, 0) is 52.6 Å². The zero-order valence-electron chi connectivity index (χ0n) is 13.7. The van der Waals surface area contributed by atoms with Gasteiger partial charge in [0.15, 0.2) is 0 Å². The first-order valence-corrected chi connectivity index (χ1v) is 9.12. The fraction of sp³-hybridized carbons (Fsp3) is 0.263. The molecule has 2 aliphatic heterocycles. The number of pyridine rings is 1. The summed E-state index contributed by atoms with van der Waals surface area (Å²) < 4.78 is 0. The Morgan fingerprint density at radius 1 is 1.08 bits per heavy atom. The Morgan fingerprint density at radius 3 is 2.75 bits per heavy atom. The second-order valence-electron chi connectivity index (χ2n) is 6.07. The molecule has 0 N–H and O–H groups in total. The average molecular weight is 336 g/mol. The van der Waals surface area contributed by atoms with E-state index in [-0.39, 0.29) is 0 Å². The Hall–Kier alpha value is -2.40. The second-order valence-corrected chi connectivity index (χ2v) is 6.85. The minimum absolute atomic E-state index is 0.879. The zero-order valence-corrected chi connectivity index (χ0v) is 14.5. The fourth-order valence-corrected chi connectivity index (χ4v) is 3.81. The van der Waals surface area contributed by atoms with Crippen molar-refractivity contribution in [1.29, 1.82) is 0 Å². The van der Waals surface area contributed by atoms with E-state index in [0.29, 0.717) is 0 Å². The molecule has 0 aromatic carbocycles. The van der Waals surface area contributed by atoms with E-state index in [1.165, 1.54) is 11.1 Å². The number of rotatable bonds is 2. The summed E-state index contributed by atoms with van der Waals surface area (Å²) in [5.41, 5.74) is 4.91. The molecule has 0 saturated carbocycles. The van der Waals surface area contributed by atoms with Crippen molar-refractivity contribution < 1.29 is 0 Å². The third kappa shape index (κ3) is 2.99. The van der Waals surface area contributed by atoms with Gasteiger partial charge < -0.3 is 9.80 Å². The van der Waals surface area contributed by atoms with E-state index in [4.69, 9.17) is 4.99 Å². The van der Waals surface area contributed by atoms with Crippen LogP contribution in [0, 0.1) is 0 Å². The number of hydrogen-bond acceptors (Lipinski definition) is 5. The first-order chi connectivity index (χ1) is 11.8. The van der Waals surface area contributed by atoms with Crippen molar-refractivity contribution in [3.63, 3.8) is 0 Å². The van der Waals surface area contributed by atoms with Gasteiger partial charge in [-0.2, -0.15) is 11.3 Å². The Labute approximate surface area is 146 Å². The minimum atomic E-state index is 0.879. The van der Waals surface area contributed by atoms with Crippen LogP contribution in [-0.4, -0.2) is 47.4 Å². The van der Waals surface area contributed by atoms with Crippen LogP contribution in [-0.2, 0) is 0 Å². The summed E-state index contributed by atoms with van der Waals surface area (Å²) in [5, 5.41) is 4.37. The summed E-state index contributed by atoms with van der Waals surface area (Å²) in [6.45, 7) is 2.81. The number of aliphatic imine (C=N–C) groups is 1. The Bertz CT molecular complexity index is 790. The van der Waals surface area contributed by atoms with Crippen molar-refractivity contribution in [1.82, 2.24) is 14.8 Å². The Morgan fingerprint density at radius 2 is 1.96 bits per heavy atom. The van der Waals surface area contributed by atoms with Crippen LogP contribution in [0.2, 0.25) is 0 Å². The molecule has 0 unspecified atom stereocenters. The van der Waals surface area contributed by atoms with Gasteiger partial charge in [-0.1, -0.05) is 6.08 Å². The first kappa shape index (κ1) is 15.1. The highest BCUT2D eigenvalue weighted by molar-refractivity contribution is 7.08. The lowest BCUT2D eigenvalue weighted by Crippen LogP contribution is -2.46. The molecule has 4 rings (SSSR count). The van der Waals surface area contributed by atoms with Crippen LogP contribution in [0.4, 0.5) is 0 Å². The molecular formula is C19H20N4S. The number of aromatic nitrogens is 1. The summed E-state index contributed by atoms with van der Waals surface area (Å²) in [6.07, 6.45) is 9.25. The molecule has 4 heterocycles. The van der Waals surface area contributed by atoms with Crippen LogP contribution in [0.1, 0.15) is 17.5 Å². The molecule has 0 amide bonds. The van der Waals surface area contributed by atoms with Crippen LogP contribution >= 0.6 is 11.3 Å². The molecule has 0 saturated heterocycles. The molecule has 2 aromatic rings. The molecule has 0 radical (unpaired) electrons. The van der Waals surface area contributed by atoms with Crippen molar-refractivity contribution in [2.24, 2.45) is 4.99 Å². The highest BCUT2D eigenvalue weighted by atomic mass is 32.1. The summed E-state index contributed by atoms with van der Waals surface area (Å²) in [5.74, 6) is 1.06. The normalized spacial score (nSPS) is 18.1. The van der Waals surface area contributed by atoms with E-state index in [1.54, 1.807) is 11.3 Å². The zero-order chi connectivity index (χ0) is 16.4. The van der Waals surface area contributed by atoms with Crippen LogP contribution in [0.5, 0.6) is 0 Å². The van der Waals surface area contributed by atoms with Gasteiger partial charge in [-0.15, -0.1) is 0 Å². The molecule has 0 fully saturated rings. The summed E-state index contributed by atoms with van der Waals surface area (Å²) in [6, 6.07) is 6.24. The van der Waals surface area contributed by atoms with Gasteiger partial charge in [0.1, 0.15) is 0 Å². The molecule has 2 aromatic heterocycles. The number of thiophene rings is 1. The molecule has 4 nitrogen and oxygen atoms in total. The van der Waals surface area contributed by atoms with Crippen molar-refractivity contribution in [2.75, 3.05) is 26.7 Å². The van der Waals surface area contributed by atoms with E-state index in [1.807, 2.05) is 24.5 Å². The molecule has 0 atom stereocenters. The summed E-state index contributed by atoms with van der Waals surface area (Å²) in [7, 11) is 2.11. The predicted octanol–water partition coefficient (Wildman–Crippen LogP) is 3.57. The van der Waals surface area contributed by atoms with Crippen LogP contribution in [0.15, 0.2) is 58.5 Å². The quantitative estimate of drug-likeness (QED) is 0.840. The number of hydrogen-bond donors (Lipinski definition) is 0. The van der Waals surface area contributed by atoms with E-state index in [2.05, 4.69) is 50.8 Å². The topological polar surface area (TPSA) is 31.7 Å². The number of likely N-dealkylation sites (N-methyl/N-ethyl adjacent to an activating group) is 1. The SMILES string of the molecule is CN1CC=C(c2ccncc2)N=C1N1CCC=C(c2ccsc2)C1. The van der Waals surface area contributed by atoms with Crippen molar-refractivity contribution in [2.45, 2.75) is 6.42 Å². The standard InChI is InChI=1S/C19H20N4S/c1-22-11-6-18(15-4-8-20-9-5-15)21-19(22)23-10-2-3-16(13-23)17-7-12-24-14-17/h3-9,12,14H,2,10-11,13H2,1H3. The lowest BCUT2D eigenvalue weighted by Gasteiger charge is -2.36. The largest absolute Gasteiger partial charge is 0.342 e. The smallest absolute Gasteiger partial charge is 0.202 e. The molecular weight excluding hydrogens is 316 g/mol. The number of guanidine groups is 1. The highest BCUT2D eigenvalue weighted by Gasteiger charge is 2.23. The van der Waals surface area contributed by atoms with E-state index in [9.17, 15) is 0 Å². The van der Waals surface area contributed by atoms with Gasteiger partial charge in [0.2, 0.25) is 5.96 Å². The van der Waals surface area contributed by atoms with Crippen LogP contribution in [0.25, 0.3) is 11.3 Å². The maximum Gasteiger partial charge on any atom is 0.202 e. The van der Waals surface area contributed by atoms with E-state index < -0.39 is 0 Å². The van der Waals surface area contributed by atoms with Crippen molar-refractivity contribution in [3.8, 4) is 0 Å². The molecule has 0 spiro atoms. The maximum atomic E-state index is 4.95. The van der Waals surface area contributed by atoms with Gasteiger partial charge in [0.05, 0.1) is 5.70 Å². The van der Waals surface area contributed by atoms with Crippen LogP contribution in [0.3, 0.4) is 0 Å². The number of nitrogens with zero attached hydrogens (tertiary/aromatic N) is 4. The molecule has 0 bridgehead atoms. The molecule has 24 heavy (non-hydrogen) atoms. The van der Waals surface area contributed by atoms with Gasteiger partial charge in [-0.3, -0.25) is 4.98 Å². The molecule has 2 aliphatic rings. The highest BCUT2D eigenvalue weighted by Crippen LogP contribution is 2.26. The van der Waals surface area contributed by atoms with E-state index in [0.717, 1.165) is 43.3 Å². The lowest BCUT2D eigenvalue weighted by molar-refractivity contribution is 0.381. The van der Waals surface area contributed by atoms with Gasteiger partial charge >= 0.3 is 0 Å². The maximum absolute atomic E-state index is 4.95. The Kier molecular flexibility index (Phi) is 4.17. The Balaban J connectivity index is 1.59. The van der Waals surface area contributed by atoms with Crippen molar-refractivity contribution in [3.05, 3.63) is 64.6 Å². The van der Waals surface area contributed by atoms with Gasteiger partial charge in [0, 0.05) is 44.6 Å². The van der Waals surface area contributed by atoms with Crippen LogP contribution < -0.4 is 0 Å². The van der Waals surface area contributed by atoms with Crippen molar-refractivity contribution >= 4 is 28.6 Å². The molecule has 0 aliphatic carbocycles. The molecule has 122 valence electrons. The monoisotopic (exact) mass is 336 g/mol. The summed E-state index contributed by atoms with van der Waals surface area (Å²) >= 11 is 1.75. The first-order valence-electron chi connectivity index (χ1n) is 8.18. The fourth-order valence-electron chi connectivity index (χ4n) is 3.13. The third-order valence-corrected chi connectivity index (χ3v) is 5.11. The van der Waals surface area contributed by atoms with E-state index >= 15 is 0 Å². The van der Waals surface area contributed by atoms with Gasteiger partial charge in [0.25, 0.3) is 0 Å². The van der Waals surface area contributed by atoms with Gasteiger partial charge in [-0.25, -0.2) is 4.99 Å². The minimum Gasteiger partial charge on any atom is -0.342 e. The lowest BCUT2D eigenvalue weighted by atomic mass is 10.0. The molecule has 5 heteroatoms. The predicted molar refractivity (Wildman–Crippen MR) is 101 cm³/mol. The average Bonchev–Trinajstić information content (AvgIpc) is 3.18. The third-order valence-electron chi connectivity index (χ3n) is 4.42.